The number of aliphatic hydroxyl groups excluding tert-OH is 1. The average Bonchev–Trinajstić information content (AvgIpc) is 3.37. The second-order valence-electron chi connectivity index (χ2n) is 6.24. The van der Waals surface area contributed by atoms with Crippen molar-refractivity contribution in [1.82, 2.24) is 24.7 Å². The maximum Gasteiger partial charge on any atom is 0.191 e. The van der Waals surface area contributed by atoms with Crippen molar-refractivity contribution in [2.45, 2.75) is 18.6 Å². The molecule has 2 aromatic heterocycles. The number of benzene rings is 2. The van der Waals surface area contributed by atoms with Crippen molar-refractivity contribution < 1.29 is 5.11 Å². The Bertz CT molecular complexity index is 1190. The summed E-state index contributed by atoms with van der Waals surface area (Å²) < 4.78 is 1.99. The summed E-state index contributed by atoms with van der Waals surface area (Å²) in [4.78, 5) is 7.48. The van der Waals surface area contributed by atoms with E-state index >= 15 is 0 Å². The van der Waals surface area contributed by atoms with Crippen LogP contribution < -0.4 is 0 Å². The first-order chi connectivity index (χ1) is 14.2. The van der Waals surface area contributed by atoms with E-state index in [4.69, 9.17) is 0 Å². The van der Waals surface area contributed by atoms with Crippen LogP contribution in [-0.2, 0) is 6.54 Å². The Hall–Kier alpha value is -3.57. The van der Waals surface area contributed by atoms with Gasteiger partial charge in [0.1, 0.15) is 17.4 Å². The van der Waals surface area contributed by atoms with Crippen molar-refractivity contribution >= 4 is 28.4 Å². The van der Waals surface area contributed by atoms with Gasteiger partial charge in [0.15, 0.2) is 16.8 Å². The molecule has 0 aliphatic heterocycles. The van der Waals surface area contributed by atoms with Crippen molar-refractivity contribution in [2.75, 3.05) is 5.75 Å². The molecule has 8 heteroatoms. The number of aromatic nitrogens is 5. The third-order valence-electron chi connectivity index (χ3n) is 4.43. The SMILES string of the molecule is CCn1c(SCC(O)=C(C#N)c2nc3ccccc3[nH]2)nnc1-c1ccccc1. The van der Waals surface area contributed by atoms with Gasteiger partial charge in [0.25, 0.3) is 0 Å². The summed E-state index contributed by atoms with van der Waals surface area (Å²) >= 11 is 1.33. The summed E-state index contributed by atoms with van der Waals surface area (Å²) in [6.07, 6.45) is 0. The van der Waals surface area contributed by atoms with E-state index in [1.165, 1.54) is 11.8 Å². The lowest BCUT2D eigenvalue weighted by atomic mass is 10.2. The number of fused-ring (bicyclic) bond motifs is 1. The highest BCUT2D eigenvalue weighted by molar-refractivity contribution is 7.99. The topological polar surface area (TPSA) is 103 Å². The summed E-state index contributed by atoms with van der Waals surface area (Å²) in [7, 11) is 0. The van der Waals surface area contributed by atoms with Crippen molar-refractivity contribution in [3.63, 3.8) is 0 Å². The highest BCUT2D eigenvalue weighted by atomic mass is 32.2. The Balaban J connectivity index is 1.59. The number of allylic oxidation sites excluding steroid dienone is 1. The molecule has 2 heterocycles. The maximum atomic E-state index is 10.6. The number of imidazole rings is 1. The van der Waals surface area contributed by atoms with E-state index in [-0.39, 0.29) is 17.1 Å². The minimum atomic E-state index is -0.0523. The van der Waals surface area contributed by atoms with Crippen molar-refractivity contribution in [2.24, 2.45) is 0 Å². The zero-order valence-electron chi connectivity index (χ0n) is 15.7. The molecule has 29 heavy (non-hydrogen) atoms. The molecule has 2 aromatic carbocycles. The molecule has 0 aliphatic rings. The maximum absolute atomic E-state index is 10.6. The standard InChI is InChI=1S/C21H18N6OS/c1-2-27-20(14-8-4-3-5-9-14)25-26-21(27)29-13-18(28)15(12-22)19-23-16-10-6-7-11-17(16)24-19/h3-11,28H,2,13H2,1H3,(H,23,24). The lowest BCUT2D eigenvalue weighted by Crippen LogP contribution is -2.01. The Morgan fingerprint density at radius 1 is 1.14 bits per heavy atom. The Kier molecular flexibility index (Phi) is 5.31. The largest absolute Gasteiger partial charge is 0.510 e. The molecule has 2 N–H and O–H groups in total. The molecule has 0 saturated heterocycles. The van der Waals surface area contributed by atoms with Gasteiger partial charge >= 0.3 is 0 Å². The van der Waals surface area contributed by atoms with Crippen LogP contribution in [0.5, 0.6) is 0 Å². The Labute approximate surface area is 171 Å². The number of hydrogen-bond donors (Lipinski definition) is 2. The van der Waals surface area contributed by atoms with Crippen LogP contribution in [0.15, 0.2) is 65.5 Å². The minimum Gasteiger partial charge on any atom is -0.510 e. The van der Waals surface area contributed by atoms with Crippen molar-refractivity contribution in [1.29, 1.82) is 5.26 Å². The number of nitrogens with zero attached hydrogens (tertiary/aromatic N) is 5. The second-order valence-corrected chi connectivity index (χ2v) is 7.18. The molecule has 0 amide bonds. The number of H-pyrrole nitrogens is 1. The van der Waals surface area contributed by atoms with Crippen LogP contribution >= 0.6 is 11.8 Å². The fourth-order valence-corrected chi connectivity index (χ4v) is 3.89. The number of nitrogens with one attached hydrogen (secondary N) is 1. The van der Waals surface area contributed by atoms with Crippen LogP contribution in [0.1, 0.15) is 12.7 Å². The van der Waals surface area contributed by atoms with E-state index < -0.39 is 0 Å². The van der Waals surface area contributed by atoms with Crippen LogP contribution in [0.4, 0.5) is 0 Å². The highest BCUT2D eigenvalue weighted by Crippen LogP contribution is 2.27. The predicted octanol–water partition coefficient (Wildman–Crippen LogP) is 4.43. The molecule has 4 aromatic rings. The van der Waals surface area contributed by atoms with E-state index in [1.807, 2.05) is 66.1 Å². The number of thioether (sulfide) groups is 1. The monoisotopic (exact) mass is 402 g/mol. The lowest BCUT2D eigenvalue weighted by molar-refractivity contribution is 0.420. The molecule has 0 saturated carbocycles. The van der Waals surface area contributed by atoms with Gasteiger partial charge in [-0.05, 0) is 19.1 Å². The third-order valence-corrected chi connectivity index (χ3v) is 5.41. The van der Waals surface area contributed by atoms with E-state index in [2.05, 4.69) is 26.2 Å². The quantitative estimate of drug-likeness (QED) is 0.281. The van der Waals surface area contributed by atoms with Crippen LogP contribution in [-0.4, -0.2) is 35.6 Å². The van der Waals surface area contributed by atoms with Gasteiger partial charge in [-0.15, -0.1) is 10.2 Å². The molecule has 144 valence electrons. The molecule has 0 spiro atoms. The predicted molar refractivity (Wildman–Crippen MR) is 113 cm³/mol. The number of rotatable bonds is 6. The van der Waals surface area contributed by atoms with Gasteiger partial charge in [0.2, 0.25) is 0 Å². The minimum absolute atomic E-state index is 0.0523. The fraction of sp³-hybridized carbons (Fsp3) is 0.143. The Morgan fingerprint density at radius 3 is 2.62 bits per heavy atom. The summed E-state index contributed by atoms with van der Waals surface area (Å²) in [5.41, 5.74) is 2.66. The fourth-order valence-electron chi connectivity index (χ4n) is 3.01. The first kappa shape index (κ1) is 18.8. The van der Waals surface area contributed by atoms with Gasteiger partial charge in [-0.2, -0.15) is 5.26 Å². The molecule has 0 unspecified atom stereocenters. The molecule has 0 fully saturated rings. The van der Waals surface area contributed by atoms with Crippen LogP contribution in [0.2, 0.25) is 0 Å². The van der Waals surface area contributed by atoms with Gasteiger partial charge in [-0.25, -0.2) is 4.98 Å². The molecule has 0 atom stereocenters. The lowest BCUT2D eigenvalue weighted by Gasteiger charge is -2.07. The zero-order valence-corrected chi connectivity index (χ0v) is 16.5. The summed E-state index contributed by atoms with van der Waals surface area (Å²) in [6, 6.07) is 19.4. The molecule has 4 rings (SSSR count). The number of nitriles is 1. The third kappa shape index (κ3) is 3.73. The van der Waals surface area contributed by atoms with Crippen LogP contribution in [0.3, 0.4) is 0 Å². The van der Waals surface area contributed by atoms with Gasteiger partial charge in [-0.3, -0.25) is 0 Å². The number of hydrogen-bond acceptors (Lipinski definition) is 6. The Morgan fingerprint density at radius 2 is 1.90 bits per heavy atom. The molecular formula is C21H18N6OS. The summed E-state index contributed by atoms with van der Waals surface area (Å²) in [5.74, 6) is 1.27. The molecule has 0 bridgehead atoms. The molecule has 0 aliphatic carbocycles. The highest BCUT2D eigenvalue weighted by Gasteiger charge is 2.17. The number of para-hydroxylation sites is 2. The average molecular weight is 402 g/mol. The molecular weight excluding hydrogens is 384 g/mol. The van der Waals surface area contributed by atoms with E-state index in [9.17, 15) is 10.4 Å². The van der Waals surface area contributed by atoms with Gasteiger partial charge in [0, 0.05) is 12.1 Å². The van der Waals surface area contributed by atoms with Gasteiger partial charge in [-0.1, -0.05) is 54.2 Å². The molecule has 7 nitrogen and oxygen atoms in total. The second kappa shape index (κ2) is 8.20. The first-order valence-corrected chi connectivity index (χ1v) is 10.1. The normalized spacial score (nSPS) is 12.0. The summed E-state index contributed by atoms with van der Waals surface area (Å²) in [6.45, 7) is 2.71. The van der Waals surface area contributed by atoms with Crippen LogP contribution in [0, 0.1) is 11.3 Å². The number of aliphatic hydroxyl groups is 1. The van der Waals surface area contributed by atoms with Crippen molar-refractivity contribution in [3.8, 4) is 17.5 Å². The van der Waals surface area contributed by atoms with Gasteiger partial charge in [0.05, 0.1) is 16.8 Å². The first-order valence-electron chi connectivity index (χ1n) is 9.10. The van der Waals surface area contributed by atoms with E-state index in [1.54, 1.807) is 0 Å². The molecule has 0 radical (unpaired) electrons. The zero-order chi connectivity index (χ0) is 20.2. The number of aromatic amines is 1. The van der Waals surface area contributed by atoms with E-state index in [0.29, 0.717) is 17.5 Å². The van der Waals surface area contributed by atoms with E-state index in [0.717, 1.165) is 22.4 Å². The van der Waals surface area contributed by atoms with Gasteiger partial charge < -0.3 is 14.7 Å². The summed E-state index contributed by atoms with van der Waals surface area (Å²) in [5, 5.41) is 29.4. The van der Waals surface area contributed by atoms with Crippen molar-refractivity contribution in [3.05, 3.63) is 66.2 Å². The van der Waals surface area contributed by atoms with Crippen LogP contribution in [0.25, 0.3) is 28.0 Å². The smallest absolute Gasteiger partial charge is 0.191 e.